The molecule has 3 aromatic rings. The fourth-order valence-electron chi connectivity index (χ4n) is 4.60. The summed E-state index contributed by atoms with van der Waals surface area (Å²) in [6.45, 7) is 4.39. The van der Waals surface area contributed by atoms with Crippen molar-refractivity contribution in [3.63, 3.8) is 0 Å². The fraction of sp³-hybridized carbons (Fsp3) is 0.333. The van der Waals surface area contributed by atoms with Gasteiger partial charge in [-0.25, -0.2) is 4.79 Å². The number of hydrogen-bond acceptors (Lipinski definition) is 2. The molecule has 5 heteroatoms. The highest BCUT2D eigenvalue weighted by Crippen LogP contribution is 2.34. The van der Waals surface area contributed by atoms with Gasteiger partial charge in [0.15, 0.2) is 0 Å². The molecule has 2 aliphatic rings. The second kappa shape index (κ2) is 7.39. The molecule has 5 nitrogen and oxygen atoms in total. The van der Waals surface area contributed by atoms with Crippen LogP contribution < -0.4 is 5.32 Å². The van der Waals surface area contributed by atoms with E-state index < -0.39 is 0 Å². The van der Waals surface area contributed by atoms with Gasteiger partial charge < -0.3 is 14.8 Å². The smallest absolute Gasteiger partial charge is 0.317 e. The van der Waals surface area contributed by atoms with Crippen molar-refractivity contribution >= 4 is 23.0 Å². The van der Waals surface area contributed by atoms with Crippen molar-refractivity contribution in [3.8, 4) is 0 Å². The molecule has 0 bridgehead atoms. The van der Waals surface area contributed by atoms with Crippen molar-refractivity contribution in [1.82, 2.24) is 19.8 Å². The second-order valence-electron chi connectivity index (χ2n) is 8.18. The van der Waals surface area contributed by atoms with Gasteiger partial charge in [0.25, 0.3) is 0 Å². The zero-order chi connectivity index (χ0) is 19.8. The predicted octanol–water partition coefficient (Wildman–Crippen LogP) is 4.40. The third-order valence-electron chi connectivity index (χ3n) is 6.32. The average Bonchev–Trinajstić information content (AvgIpc) is 3.39. The first-order valence-electron chi connectivity index (χ1n) is 10.4. The first kappa shape index (κ1) is 18.0. The van der Waals surface area contributed by atoms with Crippen LogP contribution in [0.15, 0.2) is 54.9 Å². The molecule has 2 atom stereocenters. The van der Waals surface area contributed by atoms with Gasteiger partial charge in [-0.1, -0.05) is 49.4 Å². The number of amides is 2. The zero-order valence-corrected chi connectivity index (χ0v) is 16.7. The number of aromatic nitrogens is 2. The van der Waals surface area contributed by atoms with Crippen molar-refractivity contribution in [2.75, 3.05) is 13.1 Å². The van der Waals surface area contributed by atoms with Gasteiger partial charge in [0.05, 0.1) is 17.3 Å². The van der Waals surface area contributed by atoms with Crippen molar-refractivity contribution < 1.29 is 4.79 Å². The van der Waals surface area contributed by atoms with E-state index in [-0.39, 0.29) is 12.1 Å². The molecule has 0 saturated carbocycles. The summed E-state index contributed by atoms with van der Waals surface area (Å²) in [4.78, 5) is 19.4. The van der Waals surface area contributed by atoms with Crippen LogP contribution in [0.2, 0.25) is 0 Å². The van der Waals surface area contributed by atoms with Gasteiger partial charge in [-0.05, 0) is 24.0 Å². The molecule has 1 aliphatic heterocycles. The fourth-order valence-corrected chi connectivity index (χ4v) is 4.60. The van der Waals surface area contributed by atoms with Crippen LogP contribution in [0.25, 0.3) is 17.0 Å². The maximum Gasteiger partial charge on any atom is 0.317 e. The Morgan fingerprint density at radius 3 is 2.97 bits per heavy atom. The Hall–Kier alpha value is -3.08. The van der Waals surface area contributed by atoms with Gasteiger partial charge >= 0.3 is 6.03 Å². The summed E-state index contributed by atoms with van der Waals surface area (Å²) in [6.07, 6.45) is 10.4. The highest BCUT2D eigenvalue weighted by Gasteiger charge is 2.31. The minimum absolute atomic E-state index is 0.0222. The monoisotopic (exact) mass is 386 g/mol. The van der Waals surface area contributed by atoms with Crippen molar-refractivity contribution in [3.05, 3.63) is 71.7 Å². The first-order valence-corrected chi connectivity index (χ1v) is 10.4. The summed E-state index contributed by atoms with van der Waals surface area (Å²) >= 11 is 0. The Labute approximate surface area is 171 Å². The lowest BCUT2D eigenvalue weighted by Gasteiger charge is -2.38. The van der Waals surface area contributed by atoms with E-state index in [1.807, 2.05) is 41.4 Å². The zero-order valence-electron chi connectivity index (χ0n) is 16.7. The van der Waals surface area contributed by atoms with E-state index in [1.165, 1.54) is 16.5 Å². The van der Waals surface area contributed by atoms with Crippen LogP contribution >= 0.6 is 0 Å². The molecule has 2 amide bonds. The highest BCUT2D eigenvalue weighted by atomic mass is 16.2. The lowest BCUT2D eigenvalue weighted by molar-refractivity contribution is 0.141. The summed E-state index contributed by atoms with van der Waals surface area (Å²) in [6, 6.07) is 12.5. The van der Waals surface area contributed by atoms with Crippen molar-refractivity contribution in [2.24, 2.45) is 5.92 Å². The van der Waals surface area contributed by atoms with E-state index in [9.17, 15) is 4.79 Å². The normalized spacial score (nSPS) is 20.8. The SMILES string of the molecule is C[C@@H]1CCN(C(=O)NCc2ccccc2)C[C@@H]1n1ccc2cnc3c(c21)C=CC3. The molecule has 1 aromatic carbocycles. The number of hydrogen-bond donors (Lipinski definition) is 1. The number of rotatable bonds is 3. The number of nitrogens with one attached hydrogen (secondary N) is 1. The summed E-state index contributed by atoms with van der Waals surface area (Å²) < 4.78 is 2.38. The van der Waals surface area contributed by atoms with Crippen LogP contribution in [-0.4, -0.2) is 33.6 Å². The number of urea groups is 1. The number of carbonyl (C=O) groups excluding carboxylic acids is 1. The lowest BCUT2D eigenvalue weighted by Crippen LogP contribution is -2.47. The van der Waals surface area contributed by atoms with Crippen LogP contribution in [0.1, 0.15) is 36.2 Å². The average molecular weight is 386 g/mol. The molecule has 0 spiro atoms. The van der Waals surface area contributed by atoms with Gasteiger partial charge in [0, 0.05) is 49.4 Å². The third kappa shape index (κ3) is 3.31. The summed E-state index contributed by atoms with van der Waals surface area (Å²) in [5, 5.41) is 4.26. The molecular weight excluding hydrogens is 360 g/mol. The first-order chi connectivity index (χ1) is 14.2. The molecule has 1 saturated heterocycles. The van der Waals surface area contributed by atoms with Gasteiger partial charge in [-0.3, -0.25) is 4.98 Å². The van der Waals surface area contributed by atoms with Gasteiger partial charge in [0.2, 0.25) is 0 Å². The summed E-state index contributed by atoms with van der Waals surface area (Å²) in [5.74, 6) is 0.512. The van der Waals surface area contributed by atoms with E-state index in [2.05, 4.69) is 46.2 Å². The molecule has 1 aliphatic carbocycles. The Balaban J connectivity index is 1.37. The van der Waals surface area contributed by atoms with Crippen LogP contribution in [0.4, 0.5) is 4.79 Å². The molecule has 0 unspecified atom stereocenters. The van der Waals surface area contributed by atoms with Crippen molar-refractivity contribution in [2.45, 2.75) is 32.4 Å². The number of piperidine rings is 1. The number of carbonyl (C=O) groups is 1. The predicted molar refractivity (Wildman–Crippen MR) is 116 cm³/mol. The Kier molecular flexibility index (Phi) is 4.58. The number of allylic oxidation sites excluding steroid dienone is 1. The maximum absolute atomic E-state index is 12.8. The molecule has 29 heavy (non-hydrogen) atoms. The minimum Gasteiger partial charge on any atom is -0.342 e. The minimum atomic E-state index is 0.0222. The Bertz CT molecular complexity index is 1070. The van der Waals surface area contributed by atoms with Crippen LogP contribution in [0.5, 0.6) is 0 Å². The second-order valence-corrected chi connectivity index (χ2v) is 8.18. The number of nitrogens with zero attached hydrogens (tertiary/aromatic N) is 3. The van der Waals surface area contributed by atoms with Crippen molar-refractivity contribution in [1.29, 1.82) is 0 Å². The Morgan fingerprint density at radius 2 is 2.10 bits per heavy atom. The molecule has 148 valence electrons. The molecule has 1 fully saturated rings. The van der Waals surface area contributed by atoms with E-state index >= 15 is 0 Å². The van der Waals surface area contributed by atoms with Gasteiger partial charge in [-0.2, -0.15) is 0 Å². The quantitative estimate of drug-likeness (QED) is 0.725. The molecule has 0 radical (unpaired) electrons. The van der Waals surface area contributed by atoms with Crippen LogP contribution in [-0.2, 0) is 13.0 Å². The number of benzene rings is 1. The molecular formula is C24H26N4O. The summed E-state index contributed by atoms with van der Waals surface area (Å²) in [7, 11) is 0. The molecule has 1 N–H and O–H groups in total. The maximum atomic E-state index is 12.8. The molecule has 5 rings (SSSR count). The standard InChI is InChI=1S/C24H26N4O/c1-17-10-12-27(24(29)26-14-18-6-3-2-4-7-18)16-22(17)28-13-11-19-15-25-21-9-5-8-20(21)23(19)28/h2-8,11,13,15,17,22H,9-10,12,14,16H2,1H3,(H,26,29)/t17-,22+/m1/s1. The summed E-state index contributed by atoms with van der Waals surface area (Å²) in [5.41, 5.74) is 4.77. The van der Waals surface area contributed by atoms with Crippen LogP contribution in [0.3, 0.4) is 0 Å². The topological polar surface area (TPSA) is 50.2 Å². The highest BCUT2D eigenvalue weighted by molar-refractivity contribution is 5.90. The van der Waals surface area contributed by atoms with Crippen LogP contribution in [0, 0.1) is 5.92 Å². The van der Waals surface area contributed by atoms with E-state index in [4.69, 9.17) is 0 Å². The van der Waals surface area contributed by atoms with Gasteiger partial charge in [-0.15, -0.1) is 0 Å². The largest absolute Gasteiger partial charge is 0.342 e. The number of fused-ring (bicyclic) bond motifs is 3. The van der Waals surface area contributed by atoms with Gasteiger partial charge in [0.1, 0.15) is 0 Å². The molecule has 3 heterocycles. The van der Waals surface area contributed by atoms with E-state index in [0.717, 1.165) is 37.2 Å². The lowest BCUT2D eigenvalue weighted by atomic mass is 9.93. The van der Waals surface area contributed by atoms with E-state index in [1.54, 1.807) is 0 Å². The third-order valence-corrected chi connectivity index (χ3v) is 6.32. The molecule has 2 aromatic heterocycles. The number of likely N-dealkylation sites (tertiary alicyclic amines) is 1. The van der Waals surface area contributed by atoms with E-state index in [0.29, 0.717) is 12.5 Å². The number of pyridine rings is 1. The Morgan fingerprint density at radius 1 is 1.24 bits per heavy atom.